The minimum Gasteiger partial charge on any atom is -0.350 e. The van der Waals surface area contributed by atoms with E-state index in [1.807, 2.05) is 44.2 Å². The van der Waals surface area contributed by atoms with Gasteiger partial charge >= 0.3 is 0 Å². The van der Waals surface area contributed by atoms with Crippen molar-refractivity contribution in [1.29, 1.82) is 5.26 Å². The van der Waals surface area contributed by atoms with Gasteiger partial charge in [-0.05, 0) is 42.2 Å². The number of carbonyl (C=O) groups is 3. The fourth-order valence-electron chi connectivity index (χ4n) is 5.61. The average Bonchev–Trinajstić information content (AvgIpc) is 3.56. The number of nitriles is 1. The van der Waals surface area contributed by atoms with Crippen molar-refractivity contribution >= 4 is 45.9 Å². The topological polar surface area (TPSA) is 109 Å². The number of amides is 3. The maximum absolute atomic E-state index is 14.0. The fraction of sp³-hybridized carbons (Fsp3) is 0.357. The predicted molar refractivity (Wildman–Crippen MR) is 141 cm³/mol. The van der Waals surface area contributed by atoms with Crippen LogP contribution in [0.3, 0.4) is 0 Å². The van der Waals surface area contributed by atoms with Crippen molar-refractivity contribution in [3.05, 3.63) is 64.8 Å². The van der Waals surface area contributed by atoms with E-state index in [2.05, 4.69) is 16.4 Å². The molecule has 2 aromatic carbocycles. The number of nitrogens with zero attached hydrogens (tertiary/aromatic N) is 3. The summed E-state index contributed by atoms with van der Waals surface area (Å²) < 4.78 is 0. The number of H-pyrrole nitrogens is 1. The van der Waals surface area contributed by atoms with Gasteiger partial charge in [-0.15, -0.1) is 0 Å². The van der Waals surface area contributed by atoms with Crippen LogP contribution in [0.25, 0.3) is 10.9 Å². The van der Waals surface area contributed by atoms with Crippen molar-refractivity contribution in [2.24, 2.45) is 5.92 Å². The predicted octanol–water partition coefficient (Wildman–Crippen LogP) is 4.32. The quantitative estimate of drug-likeness (QED) is 0.525. The molecule has 2 aliphatic rings. The van der Waals surface area contributed by atoms with Crippen molar-refractivity contribution in [3.8, 4) is 6.07 Å². The van der Waals surface area contributed by atoms with Crippen LogP contribution in [-0.2, 0) is 15.0 Å². The van der Waals surface area contributed by atoms with E-state index in [0.717, 1.165) is 16.5 Å². The fourth-order valence-corrected chi connectivity index (χ4v) is 5.84. The molecule has 3 atom stereocenters. The summed E-state index contributed by atoms with van der Waals surface area (Å²) in [6, 6.07) is 15.1. The van der Waals surface area contributed by atoms with Gasteiger partial charge in [-0.2, -0.15) is 5.26 Å². The number of fused-ring (bicyclic) bond motifs is 3. The third kappa shape index (κ3) is 4.04. The lowest BCUT2D eigenvalue weighted by molar-refractivity contribution is -0.136. The molecular formula is C28H28ClN5O3. The summed E-state index contributed by atoms with van der Waals surface area (Å²) >= 11 is 6.29. The number of halogens is 1. The molecule has 1 saturated heterocycles. The van der Waals surface area contributed by atoms with Gasteiger partial charge in [-0.3, -0.25) is 14.4 Å². The summed E-state index contributed by atoms with van der Waals surface area (Å²) in [5.74, 6) is -0.782. The van der Waals surface area contributed by atoms with Crippen LogP contribution in [0.5, 0.6) is 0 Å². The van der Waals surface area contributed by atoms with Gasteiger partial charge in [-0.25, -0.2) is 0 Å². The highest BCUT2D eigenvalue weighted by Crippen LogP contribution is 2.46. The molecule has 0 unspecified atom stereocenters. The molecule has 1 spiro atoms. The third-order valence-corrected chi connectivity index (χ3v) is 7.85. The maximum atomic E-state index is 14.0. The first-order valence-electron chi connectivity index (χ1n) is 12.3. The Hall–Kier alpha value is -3.83. The molecule has 2 N–H and O–H groups in total. The van der Waals surface area contributed by atoms with Crippen molar-refractivity contribution in [1.82, 2.24) is 14.8 Å². The highest BCUT2D eigenvalue weighted by atomic mass is 35.5. The Bertz CT molecular complexity index is 1460. The van der Waals surface area contributed by atoms with Crippen LogP contribution in [-0.4, -0.2) is 58.2 Å². The number of anilines is 1. The van der Waals surface area contributed by atoms with E-state index in [1.54, 1.807) is 25.2 Å². The highest BCUT2D eigenvalue weighted by molar-refractivity contribution is 6.35. The number of hydrogen-bond acceptors (Lipinski definition) is 4. The molecule has 1 aromatic heterocycles. The Kier molecular flexibility index (Phi) is 6.20. The Morgan fingerprint density at radius 1 is 1.24 bits per heavy atom. The summed E-state index contributed by atoms with van der Waals surface area (Å²) in [5, 5.41) is 14.1. The van der Waals surface area contributed by atoms with E-state index in [1.165, 1.54) is 9.80 Å². The average molecular weight is 518 g/mol. The second kappa shape index (κ2) is 9.24. The first-order valence-corrected chi connectivity index (χ1v) is 12.7. The number of benzene rings is 2. The number of aromatic amines is 1. The SMILES string of the molecule is CC(C)C[C@@H](C(=O)N1C[C@]2(C[C@H]1C#N)C(=O)Nc1ccccc12)N(C)C(=O)c1cc2c(Cl)cccc2[nH]1. The van der Waals surface area contributed by atoms with Crippen molar-refractivity contribution in [3.63, 3.8) is 0 Å². The number of carbonyl (C=O) groups excluding carboxylic acids is 3. The third-order valence-electron chi connectivity index (χ3n) is 7.52. The summed E-state index contributed by atoms with van der Waals surface area (Å²) in [6.45, 7) is 4.05. The molecule has 3 aromatic rings. The molecule has 3 heterocycles. The number of nitrogens with one attached hydrogen (secondary N) is 2. The number of likely N-dealkylation sites (N-methyl/N-ethyl adjacent to an activating group) is 1. The Labute approximate surface area is 220 Å². The van der Waals surface area contributed by atoms with Crippen LogP contribution in [0.1, 0.15) is 42.7 Å². The van der Waals surface area contributed by atoms with E-state index in [4.69, 9.17) is 11.6 Å². The molecule has 37 heavy (non-hydrogen) atoms. The largest absolute Gasteiger partial charge is 0.350 e. The summed E-state index contributed by atoms with van der Waals surface area (Å²) in [7, 11) is 1.60. The number of hydrogen-bond donors (Lipinski definition) is 2. The van der Waals surface area contributed by atoms with E-state index in [-0.39, 0.29) is 36.6 Å². The van der Waals surface area contributed by atoms with Crippen molar-refractivity contribution in [2.45, 2.75) is 44.2 Å². The molecule has 0 saturated carbocycles. The Morgan fingerprint density at radius 3 is 2.70 bits per heavy atom. The number of likely N-dealkylation sites (tertiary alicyclic amines) is 1. The van der Waals surface area contributed by atoms with E-state index >= 15 is 0 Å². The zero-order valence-electron chi connectivity index (χ0n) is 20.9. The van der Waals surface area contributed by atoms with Crippen LogP contribution >= 0.6 is 11.6 Å². The van der Waals surface area contributed by atoms with Gasteiger partial charge < -0.3 is 20.1 Å². The summed E-state index contributed by atoms with van der Waals surface area (Å²) in [5.41, 5.74) is 1.59. The second-order valence-electron chi connectivity index (χ2n) is 10.3. The normalized spacial score (nSPS) is 21.2. The molecule has 3 amide bonds. The summed E-state index contributed by atoms with van der Waals surface area (Å²) in [4.78, 5) is 46.7. The molecule has 1 fully saturated rings. The zero-order valence-corrected chi connectivity index (χ0v) is 21.7. The molecule has 0 aliphatic carbocycles. The first-order chi connectivity index (χ1) is 17.7. The van der Waals surface area contributed by atoms with Gasteiger partial charge in [-0.1, -0.05) is 49.7 Å². The second-order valence-corrected chi connectivity index (χ2v) is 10.7. The van der Waals surface area contributed by atoms with Gasteiger partial charge in [0.25, 0.3) is 5.91 Å². The number of rotatable bonds is 5. The van der Waals surface area contributed by atoms with Crippen molar-refractivity contribution in [2.75, 3.05) is 18.9 Å². The van der Waals surface area contributed by atoms with Crippen LogP contribution < -0.4 is 5.32 Å². The molecule has 0 radical (unpaired) electrons. The summed E-state index contributed by atoms with van der Waals surface area (Å²) in [6.07, 6.45) is 0.622. The standard InChI is InChI=1S/C28H28ClN5O3/c1-16(2)11-24(33(3)25(35)23-12-18-20(29)8-6-10-21(18)31-23)26(36)34-15-28(13-17(34)14-30)19-7-4-5-9-22(19)32-27(28)37/h4-10,12,16-17,24,31H,11,13,15H2,1-3H3,(H,32,37)/t17-,24-,28-/m0/s1. The molecular weight excluding hydrogens is 490 g/mol. The van der Waals surface area contributed by atoms with Crippen LogP contribution in [0, 0.1) is 17.2 Å². The molecule has 9 heteroatoms. The molecule has 0 bridgehead atoms. The molecule has 190 valence electrons. The van der Waals surface area contributed by atoms with Gasteiger partial charge in [0.15, 0.2) is 0 Å². The monoisotopic (exact) mass is 517 g/mol. The lowest BCUT2D eigenvalue weighted by atomic mass is 9.80. The number of para-hydroxylation sites is 1. The Morgan fingerprint density at radius 2 is 2.00 bits per heavy atom. The lowest BCUT2D eigenvalue weighted by Gasteiger charge is -2.33. The maximum Gasteiger partial charge on any atom is 0.270 e. The molecule has 5 rings (SSSR count). The van der Waals surface area contributed by atoms with Crippen LogP contribution in [0.2, 0.25) is 5.02 Å². The Balaban J connectivity index is 1.46. The van der Waals surface area contributed by atoms with Gasteiger partial charge in [0.2, 0.25) is 11.8 Å². The van der Waals surface area contributed by atoms with Crippen molar-refractivity contribution < 1.29 is 14.4 Å². The minimum atomic E-state index is -0.981. The van der Waals surface area contributed by atoms with E-state index in [0.29, 0.717) is 22.8 Å². The van der Waals surface area contributed by atoms with Gasteiger partial charge in [0.05, 0.1) is 11.5 Å². The highest BCUT2D eigenvalue weighted by Gasteiger charge is 2.56. The van der Waals surface area contributed by atoms with Gasteiger partial charge in [0.1, 0.15) is 17.8 Å². The smallest absolute Gasteiger partial charge is 0.270 e. The van der Waals surface area contributed by atoms with Crippen LogP contribution in [0.4, 0.5) is 5.69 Å². The van der Waals surface area contributed by atoms with E-state index in [9.17, 15) is 19.6 Å². The minimum absolute atomic E-state index is 0.0888. The number of aromatic nitrogens is 1. The van der Waals surface area contributed by atoms with Crippen LogP contribution in [0.15, 0.2) is 48.5 Å². The molecule has 8 nitrogen and oxygen atoms in total. The zero-order chi connectivity index (χ0) is 26.5. The first kappa shape index (κ1) is 24.8. The molecule has 2 aliphatic heterocycles. The van der Waals surface area contributed by atoms with Gasteiger partial charge in [0, 0.05) is 41.6 Å². The lowest BCUT2D eigenvalue weighted by Crippen LogP contribution is -2.52. The van der Waals surface area contributed by atoms with E-state index < -0.39 is 17.5 Å².